The molecule has 5 nitrogen and oxygen atoms in total. The fourth-order valence-corrected chi connectivity index (χ4v) is 4.84. The highest BCUT2D eigenvalue weighted by atomic mass is 16.2. The highest BCUT2D eigenvalue weighted by Gasteiger charge is 2.34. The van der Waals surface area contributed by atoms with Gasteiger partial charge in [-0.2, -0.15) is 0 Å². The summed E-state index contributed by atoms with van der Waals surface area (Å²) < 4.78 is 0. The number of anilines is 2. The molecule has 1 fully saturated rings. The molecule has 1 aliphatic rings. The number of pyridine rings is 1. The van der Waals surface area contributed by atoms with Gasteiger partial charge in [-0.15, -0.1) is 0 Å². The fraction of sp³-hybridized carbons (Fsp3) is 0.379. The van der Waals surface area contributed by atoms with E-state index in [1.54, 1.807) is 6.20 Å². The number of benzene rings is 2. The number of nitrogens with one attached hydrogen (secondary N) is 1. The summed E-state index contributed by atoms with van der Waals surface area (Å²) in [5.74, 6) is 1.45. The number of hydrogen-bond donors (Lipinski definition) is 2. The van der Waals surface area contributed by atoms with Crippen molar-refractivity contribution in [2.75, 3.05) is 10.2 Å². The molecule has 5 heteroatoms. The molecule has 3 aromatic rings. The van der Waals surface area contributed by atoms with Crippen molar-refractivity contribution in [1.82, 2.24) is 4.98 Å². The average Bonchev–Trinajstić information content (AvgIpc) is 2.87. The molecule has 1 saturated carbocycles. The number of nitrogens with zero attached hydrogens (tertiary/aromatic N) is 2. The first-order valence-corrected chi connectivity index (χ1v) is 12.3. The summed E-state index contributed by atoms with van der Waals surface area (Å²) in [7, 11) is 0. The Hall–Kier alpha value is -3.18. The molecular formula is C29H36N4O. The molecule has 1 heterocycles. The number of nitrogens with two attached hydrogens (primary N) is 1. The van der Waals surface area contributed by atoms with Crippen molar-refractivity contribution in [2.24, 2.45) is 17.6 Å². The van der Waals surface area contributed by atoms with Crippen LogP contribution in [0.4, 0.5) is 11.5 Å². The Kier molecular flexibility index (Phi) is 7.63. The van der Waals surface area contributed by atoms with Crippen molar-refractivity contribution in [1.29, 1.82) is 0 Å². The van der Waals surface area contributed by atoms with E-state index in [-0.39, 0.29) is 17.4 Å². The van der Waals surface area contributed by atoms with Gasteiger partial charge in [0.25, 0.3) is 0 Å². The molecular weight excluding hydrogens is 420 g/mol. The zero-order valence-electron chi connectivity index (χ0n) is 20.3. The third kappa shape index (κ3) is 6.23. The van der Waals surface area contributed by atoms with E-state index in [4.69, 9.17) is 5.73 Å². The van der Waals surface area contributed by atoms with Gasteiger partial charge in [0, 0.05) is 36.0 Å². The maximum absolute atomic E-state index is 13.8. The lowest BCUT2D eigenvalue weighted by Crippen LogP contribution is -2.44. The minimum atomic E-state index is -0.192. The van der Waals surface area contributed by atoms with Crippen LogP contribution in [0.1, 0.15) is 50.7 Å². The van der Waals surface area contributed by atoms with Crippen molar-refractivity contribution in [3.05, 3.63) is 90.1 Å². The predicted octanol–water partition coefficient (Wildman–Crippen LogP) is 5.77. The van der Waals surface area contributed by atoms with E-state index >= 15 is 0 Å². The molecule has 0 spiro atoms. The third-order valence-electron chi connectivity index (χ3n) is 6.95. The van der Waals surface area contributed by atoms with Crippen LogP contribution in [0, 0.1) is 11.8 Å². The van der Waals surface area contributed by atoms with Gasteiger partial charge in [-0.1, -0.05) is 60.7 Å². The summed E-state index contributed by atoms with van der Waals surface area (Å²) in [6.07, 6.45) is 5.56. The van der Waals surface area contributed by atoms with Crippen LogP contribution in [-0.4, -0.2) is 16.4 Å². The first-order valence-electron chi connectivity index (χ1n) is 12.3. The summed E-state index contributed by atoms with van der Waals surface area (Å²) in [4.78, 5) is 20.2. The lowest BCUT2D eigenvalue weighted by molar-refractivity contribution is -0.123. The summed E-state index contributed by atoms with van der Waals surface area (Å²) in [6.45, 7) is 5.43. The second-order valence-electron chi connectivity index (χ2n) is 10.0. The molecule has 4 rings (SSSR count). The van der Waals surface area contributed by atoms with Gasteiger partial charge in [-0.3, -0.25) is 4.79 Å². The smallest absolute Gasteiger partial charge is 0.230 e. The molecule has 2 aromatic carbocycles. The average molecular weight is 457 g/mol. The van der Waals surface area contributed by atoms with Crippen LogP contribution in [0.3, 0.4) is 0 Å². The molecule has 0 bridgehead atoms. The number of amides is 1. The van der Waals surface area contributed by atoms with Crippen molar-refractivity contribution in [2.45, 2.75) is 58.2 Å². The molecule has 1 aromatic heterocycles. The van der Waals surface area contributed by atoms with Crippen LogP contribution >= 0.6 is 0 Å². The topological polar surface area (TPSA) is 71.2 Å². The molecule has 3 N–H and O–H groups in total. The first-order chi connectivity index (χ1) is 16.4. The Bertz CT molecular complexity index is 1050. The molecule has 178 valence electrons. The van der Waals surface area contributed by atoms with E-state index in [0.717, 1.165) is 42.8 Å². The zero-order valence-corrected chi connectivity index (χ0v) is 20.3. The van der Waals surface area contributed by atoms with Gasteiger partial charge < -0.3 is 16.0 Å². The van der Waals surface area contributed by atoms with Crippen LogP contribution in [0.2, 0.25) is 0 Å². The Balaban J connectivity index is 1.52. The van der Waals surface area contributed by atoms with E-state index in [2.05, 4.69) is 48.4 Å². The van der Waals surface area contributed by atoms with Crippen LogP contribution in [-0.2, 0) is 17.9 Å². The second-order valence-corrected chi connectivity index (χ2v) is 10.0. The summed E-state index contributed by atoms with van der Waals surface area (Å²) >= 11 is 0. The number of carbonyl (C=O) groups is 1. The molecule has 1 amide bonds. The Morgan fingerprint density at radius 2 is 1.59 bits per heavy atom. The van der Waals surface area contributed by atoms with Gasteiger partial charge in [0.1, 0.15) is 5.82 Å². The lowest BCUT2D eigenvalue weighted by atomic mass is 9.73. The highest BCUT2D eigenvalue weighted by molar-refractivity contribution is 5.95. The van der Waals surface area contributed by atoms with Crippen molar-refractivity contribution < 1.29 is 4.79 Å². The summed E-state index contributed by atoms with van der Waals surface area (Å²) in [6, 6.07) is 24.3. The highest BCUT2D eigenvalue weighted by Crippen LogP contribution is 2.36. The second kappa shape index (κ2) is 10.8. The van der Waals surface area contributed by atoms with E-state index in [1.165, 1.54) is 5.56 Å². The largest absolute Gasteiger partial charge is 0.366 e. The van der Waals surface area contributed by atoms with Gasteiger partial charge >= 0.3 is 0 Å². The predicted molar refractivity (Wildman–Crippen MR) is 139 cm³/mol. The molecule has 0 atom stereocenters. The number of rotatable bonds is 8. The Morgan fingerprint density at radius 1 is 0.971 bits per heavy atom. The molecule has 0 saturated heterocycles. The molecule has 0 aliphatic heterocycles. The molecule has 0 radical (unpaired) electrons. The molecule has 1 aliphatic carbocycles. The molecule has 0 unspecified atom stereocenters. The fourth-order valence-electron chi connectivity index (χ4n) is 4.84. The van der Waals surface area contributed by atoms with Gasteiger partial charge in [-0.05, 0) is 62.6 Å². The minimum absolute atomic E-state index is 0.0243. The van der Waals surface area contributed by atoms with Crippen LogP contribution in [0.5, 0.6) is 0 Å². The van der Waals surface area contributed by atoms with Gasteiger partial charge in [0.15, 0.2) is 0 Å². The van der Waals surface area contributed by atoms with Crippen LogP contribution in [0.15, 0.2) is 79.0 Å². The third-order valence-corrected chi connectivity index (χ3v) is 6.95. The van der Waals surface area contributed by atoms with Gasteiger partial charge in [-0.25, -0.2) is 4.98 Å². The maximum Gasteiger partial charge on any atom is 0.230 e. The lowest BCUT2D eigenvalue weighted by Gasteiger charge is -2.37. The summed E-state index contributed by atoms with van der Waals surface area (Å²) in [5, 5.41) is 3.40. The Morgan fingerprint density at radius 3 is 2.21 bits per heavy atom. The normalized spacial score (nSPS) is 18.3. The van der Waals surface area contributed by atoms with Crippen molar-refractivity contribution in [3.8, 4) is 0 Å². The first kappa shape index (κ1) is 24.0. The van der Waals surface area contributed by atoms with Crippen LogP contribution in [0.25, 0.3) is 0 Å². The monoisotopic (exact) mass is 456 g/mol. The summed E-state index contributed by atoms with van der Waals surface area (Å²) in [5.41, 5.74) is 9.35. The van der Waals surface area contributed by atoms with Crippen LogP contribution < -0.4 is 16.0 Å². The van der Waals surface area contributed by atoms with Crippen molar-refractivity contribution >= 4 is 17.4 Å². The van der Waals surface area contributed by atoms with Gasteiger partial charge in [0.2, 0.25) is 5.91 Å². The minimum Gasteiger partial charge on any atom is -0.366 e. The molecule has 34 heavy (non-hydrogen) atoms. The Labute approximate surface area is 203 Å². The van der Waals surface area contributed by atoms with E-state index in [0.29, 0.717) is 19.0 Å². The van der Waals surface area contributed by atoms with Crippen molar-refractivity contribution in [3.63, 3.8) is 0 Å². The number of carbonyl (C=O) groups excluding carboxylic acids is 1. The van der Waals surface area contributed by atoms with Gasteiger partial charge in [0.05, 0.1) is 6.54 Å². The standard InChI is InChI=1S/C29H36N4O/c1-29(2,30)25-15-13-24(14-16-25)28(34)33(21-23-11-7-4-8-12-23)26-17-18-31-27(19-26)32-20-22-9-5-3-6-10-22/h3-12,17-19,24-25H,13-16,20-21,30H2,1-2H3,(H,31,32)/t24-,25-. The number of aromatic nitrogens is 1. The maximum atomic E-state index is 13.8. The zero-order chi connectivity index (χ0) is 24.0. The SMILES string of the molecule is CC(C)(N)[C@H]1CC[C@H](C(=O)N(Cc2ccccc2)c2ccnc(NCc3ccccc3)c2)CC1. The van der Waals surface area contributed by atoms with E-state index in [1.807, 2.05) is 53.4 Å². The van der Waals surface area contributed by atoms with E-state index < -0.39 is 0 Å². The quantitative estimate of drug-likeness (QED) is 0.451. The number of hydrogen-bond acceptors (Lipinski definition) is 4. The van der Waals surface area contributed by atoms with E-state index in [9.17, 15) is 4.79 Å².